The number of hydrogen-bond acceptors (Lipinski definition) is 3. The molecule has 0 bridgehead atoms. The second-order valence-electron chi connectivity index (χ2n) is 6.27. The van der Waals surface area contributed by atoms with Crippen molar-refractivity contribution in [2.45, 2.75) is 53.1 Å². The largest absolute Gasteiger partial charge is 0.357 e. The van der Waals surface area contributed by atoms with Gasteiger partial charge in [0.2, 0.25) is 0 Å². The Bertz CT molecular complexity index is 266. The molecule has 5 nitrogen and oxygen atoms in total. The molecule has 0 fully saturated rings. The highest BCUT2D eigenvalue weighted by Crippen LogP contribution is 2.03. The summed E-state index contributed by atoms with van der Waals surface area (Å²) in [5.74, 6) is 0.934. The van der Waals surface area contributed by atoms with Gasteiger partial charge in [0, 0.05) is 38.3 Å². The number of guanidine groups is 1. The van der Waals surface area contributed by atoms with Gasteiger partial charge in [-0.15, -0.1) is 0 Å². The van der Waals surface area contributed by atoms with Crippen molar-refractivity contribution >= 4 is 5.96 Å². The Labute approximate surface area is 132 Å². The molecule has 126 valence electrons. The molecule has 21 heavy (non-hydrogen) atoms. The predicted molar refractivity (Wildman–Crippen MR) is 94.1 cm³/mol. The molecule has 0 aliphatic rings. The zero-order valence-corrected chi connectivity index (χ0v) is 15.2. The number of nitrogens with one attached hydrogen (secondary N) is 2. The highest BCUT2D eigenvalue weighted by atomic mass is 15.2. The average Bonchev–Trinajstić information content (AvgIpc) is 2.38. The van der Waals surface area contributed by atoms with Crippen LogP contribution in [0.3, 0.4) is 0 Å². The summed E-state index contributed by atoms with van der Waals surface area (Å²) in [5, 5.41) is 6.74. The summed E-state index contributed by atoms with van der Waals surface area (Å²) in [6.07, 6.45) is 1.09. The molecule has 0 heterocycles. The number of aliphatic imine (C=N–C) groups is 1. The average molecular weight is 300 g/mol. The molecule has 2 N–H and O–H groups in total. The minimum absolute atomic E-state index is 0.575. The lowest BCUT2D eigenvalue weighted by Gasteiger charge is -2.30. The third-order valence-corrected chi connectivity index (χ3v) is 3.37. The Morgan fingerprint density at radius 2 is 1.62 bits per heavy atom. The van der Waals surface area contributed by atoms with Gasteiger partial charge in [0.25, 0.3) is 0 Å². The minimum atomic E-state index is 0.575. The molecule has 0 radical (unpaired) electrons. The van der Waals surface area contributed by atoms with E-state index in [1.165, 1.54) is 0 Å². The van der Waals surface area contributed by atoms with Crippen molar-refractivity contribution in [3.63, 3.8) is 0 Å². The van der Waals surface area contributed by atoms with Crippen molar-refractivity contribution < 1.29 is 0 Å². The molecular weight excluding hydrogens is 262 g/mol. The van der Waals surface area contributed by atoms with Gasteiger partial charge in [0.15, 0.2) is 5.96 Å². The molecule has 0 saturated carbocycles. The first kappa shape index (κ1) is 20.2. The summed E-state index contributed by atoms with van der Waals surface area (Å²) in [5.41, 5.74) is 0. The maximum Gasteiger partial charge on any atom is 0.191 e. The van der Waals surface area contributed by atoms with Crippen LogP contribution in [-0.4, -0.2) is 74.7 Å². The lowest BCUT2D eigenvalue weighted by atomic mass is 10.2. The van der Waals surface area contributed by atoms with Crippen LogP contribution in [0, 0.1) is 0 Å². The van der Waals surface area contributed by atoms with Gasteiger partial charge in [-0.3, -0.25) is 9.89 Å². The van der Waals surface area contributed by atoms with E-state index < -0.39 is 0 Å². The molecule has 0 spiro atoms. The van der Waals surface area contributed by atoms with E-state index >= 15 is 0 Å². The molecule has 0 saturated heterocycles. The molecule has 0 atom stereocenters. The molecule has 0 aromatic heterocycles. The Morgan fingerprint density at radius 3 is 2.10 bits per heavy atom. The lowest BCUT2D eigenvalue weighted by molar-refractivity contribution is 0.178. The number of hydrogen-bond donors (Lipinski definition) is 2. The molecule has 5 heteroatoms. The zero-order chi connectivity index (χ0) is 16.3. The molecule has 0 aromatic carbocycles. The van der Waals surface area contributed by atoms with Crippen LogP contribution >= 0.6 is 0 Å². The van der Waals surface area contributed by atoms with Gasteiger partial charge >= 0.3 is 0 Å². The van der Waals surface area contributed by atoms with Gasteiger partial charge in [-0.2, -0.15) is 0 Å². The summed E-state index contributed by atoms with van der Waals surface area (Å²) in [4.78, 5) is 9.30. The van der Waals surface area contributed by atoms with Crippen molar-refractivity contribution in [1.82, 2.24) is 20.4 Å². The molecule has 0 aromatic rings. The summed E-state index contributed by atoms with van der Waals surface area (Å²) < 4.78 is 0. The highest BCUT2D eigenvalue weighted by Gasteiger charge is 2.12. The fraction of sp³-hybridized carbons (Fsp3) is 0.938. The van der Waals surface area contributed by atoms with Crippen LogP contribution in [0.1, 0.15) is 41.0 Å². The van der Waals surface area contributed by atoms with Crippen LogP contribution in [0.2, 0.25) is 0 Å². The van der Waals surface area contributed by atoms with Crippen LogP contribution in [-0.2, 0) is 0 Å². The third kappa shape index (κ3) is 10.5. The van der Waals surface area contributed by atoms with E-state index in [-0.39, 0.29) is 0 Å². The molecule has 0 unspecified atom stereocenters. The van der Waals surface area contributed by atoms with E-state index in [2.05, 4.69) is 74.1 Å². The Morgan fingerprint density at radius 1 is 1.00 bits per heavy atom. The van der Waals surface area contributed by atoms with E-state index in [0.29, 0.717) is 12.1 Å². The molecule has 0 aliphatic carbocycles. The fourth-order valence-electron chi connectivity index (χ4n) is 2.34. The monoisotopic (exact) mass is 299 g/mol. The molecular formula is C16H37N5. The summed E-state index contributed by atoms with van der Waals surface area (Å²) in [6, 6.07) is 1.15. The first-order valence-corrected chi connectivity index (χ1v) is 8.31. The van der Waals surface area contributed by atoms with Crippen molar-refractivity contribution in [2.24, 2.45) is 4.99 Å². The first-order valence-electron chi connectivity index (χ1n) is 8.31. The zero-order valence-electron chi connectivity index (χ0n) is 15.2. The predicted octanol–water partition coefficient (Wildman–Crippen LogP) is 1.61. The van der Waals surface area contributed by atoms with Crippen LogP contribution < -0.4 is 10.6 Å². The Kier molecular flexibility index (Phi) is 11.4. The SMILES string of the molecule is CCNC(=NCCCN(C)C)NCCN(C(C)C)C(C)C. The summed E-state index contributed by atoms with van der Waals surface area (Å²) in [7, 11) is 4.19. The maximum atomic E-state index is 4.62. The van der Waals surface area contributed by atoms with Crippen molar-refractivity contribution in [2.75, 3.05) is 46.8 Å². The van der Waals surface area contributed by atoms with E-state index in [1.807, 2.05) is 0 Å². The van der Waals surface area contributed by atoms with Crippen molar-refractivity contribution in [1.29, 1.82) is 0 Å². The van der Waals surface area contributed by atoms with Crippen LogP contribution in [0.5, 0.6) is 0 Å². The van der Waals surface area contributed by atoms with E-state index in [1.54, 1.807) is 0 Å². The summed E-state index contributed by atoms with van der Waals surface area (Å²) >= 11 is 0. The number of nitrogens with zero attached hydrogens (tertiary/aromatic N) is 3. The van der Waals surface area contributed by atoms with Gasteiger partial charge in [-0.25, -0.2) is 0 Å². The standard InChI is InChI=1S/C16H37N5/c1-8-17-16(18-10-9-12-20(6)7)19-11-13-21(14(2)3)15(4)5/h14-15H,8-13H2,1-7H3,(H2,17,18,19). The fourth-order valence-corrected chi connectivity index (χ4v) is 2.34. The second-order valence-corrected chi connectivity index (χ2v) is 6.27. The lowest BCUT2D eigenvalue weighted by Crippen LogP contribution is -2.45. The minimum Gasteiger partial charge on any atom is -0.357 e. The molecule has 0 amide bonds. The van der Waals surface area contributed by atoms with E-state index in [4.69, 9.17) is 0 Å². The Balaban J connectivity index is 4.16. The van der Waals surface area contributed by atoms with Crippen molar-refractivity contribution in [3.05, 3.63) is 0 Å². The Hall–Kier alpha value is -0.810. The van der Waals surface area contributed by atoms with Gasteiger partial charge in [0.05, 0.1) is 0 Å². The van der Waals surface area contributed by atoms with Crippen molar-refractivity contribution in [3.8, 4) is 0 Å². The first-order chi connectivity index (χ1) is 9.88. The van der Waals surface area contributed by atoms with E-state index in [0.717, 1.165) is 45.1 Å². The van der Waals surface area contributed by atoms with E-state index in [9.17, 15) is 0 Å². The smallest absolute Gasteiger partial charge is 0.191 e. The van der Waals surface area contributed by atoms with Gasteiger partial charge in [-0.05, 0) is 61.7 Å². The number of rotatable bonds is 10. The normalized spacial score (nSPS) is 12.8. The maximum absolute atomic E-state index is 4.62. The van der Waals surface area contributed by atoms with Gasteiger partial charge in [-0.1, -0.05) is 0 Å². The topological polar surface area (TPSA) is 42.9 Å². The third-order valence-electron chi connectivity index (χ3n) is 3.37. The molecule has 0 rings (SSSR count). The highest BCUT2D eigenvalue weighted by molar-refractivity contribution is 5.79. The molecule has 0 aliphatic heterocycles. The van der Waals surface area contributed by atoms with Crippen LogP contribution in [0.15, 0.2) is 4.99 Å². The van der Waals surface area contributed by atoms with Gasteiger partial charge in [0.1, 0.15) is 0 Å². The quantitative estimate of drug-likeness (QED) is 0.365. The van der Waals surface area contributed by atoms with Crippen LogP contribution in [0.4, 0.5) is 0 Å². The van der Waals surface area contributed by atoms with Crippen LogP contribution in [0.25, 0.3) is 0 Å². The summed E-state index contributed by atoms with van der Waals surface area (Å²) in [6.45, 7) is 15.9. The second kappa shape index (κ2) is 11.8. The van der Waals surface area contributed by atoms with Gasteiger partial charge < -0.3 is 15.5 Å².